The summed E-state index contributed by atoms with van der Waals surface area (Å²) in [7, 11) is 4.05. The second kappa shape index (κ2) is 4.66. The zero-order valence-electron chi connectivity index (χ0n) is 10.9. The summed E-state index contributed by atoms with van der Waals surface area (Å²) in [6, 6.07) is 8.39. The molecule has 5 heteroatoms. The highest BCUT2D eigenvalue weighted by molar-refractivity contribution is 7.80. The van der Waals surface area contributed by atoms with Crippen molar-refractivity contribution in [3.05, 3.63) is 54.1 Å². The molecule has 2 aromatic heterocycles. The molecule has 2 aromatic rings. The standard InChI is InChI=1S/C14H16N4S/c1-17-8-6-10(9-17)13-12(16-14(19)18(13)2)11-5-3-4-7-15-11/h3-9,12-13H,1-2H3,(H,16,19)/t12-,13-/m0/s1. The van der Waals surface area contributed by atoms with Gasteiger partial charge in [-0.2, -0.15) is 0 Å². The van der Waals surface area contributed by atoms with E-state index in [0.29, 0.717) is 0 Å². The van der Waals surface area contributed by atoms with Crippen LogP contribution in [0.5, 0.6) is 0 Å². The van der Waals surface area contributed by atoms with Gasteiger partial charge in [0.1, 0.15) is 0 Å². The van der Waals surface area contributed by atoms with Crippen LogP contribution in [0.3, 0.4) is 0 Å². The van der Waals surface area contributed by atoms with Crippen molar-refractivity contribution in [1.29, 1.82) is 0 Å². The van der Waals surface area contributed by atoms with E-state index in [1.807, 2.05) is 38.5 Å². The largest absolute Gasteiger partial charge is 0.357 e. The molecule has 1 fully saturated rings. The molecule has 0 aromatic carbocycles. The Morgan fingerprint density at radius 3 is 2.74 bits per heavy atom. The fourth-order valence-electron chi connectivity index (χ4n) is 2.58. The first kappa shape index (κ1) is 12.2. The molecule has 0 aliphatic carbocycles. The maximum atomic E-state index is 5.38. The quantitative estimate of drug-likeness (QED) is 0.848. The van der Waals surface area contributed by atoms with Crippen LogP contribution in [0.2, 0.25) is 0 Å². The van der Waals surface area contributed by atoms with Gasteiger partial charge in [0.2, 0.25) is 0 Å². The number of pyridine rings is 1. The van der Waals surface area contributed by atoms with Crippen LogP contribution in [0.15, 0.2) is 42.9 Å². The van der Waals surface area contributed by atoms with Gasteiger partial charge in [0.15, 0.2) is 5.11 Å². The predicted molar refractivity (Wildman–Crippen MR) is 78.6 cm³/mol. The molecule has 0 unspecified atom stereocenters. The van der Waals surface area contributed by atoms with Crippen LogP contribution in [-0.4, -0.2) is 26.6 Å². The molecule has 98 valence electrons. The zero-order valence-corrected chi connectivity index (χ0v) is 11.8. The Morgan fingerprint density at radius 2 is 2.11 bits per heavy atom. The van der Waals surface area contributed by atoms with Crippen molar-refractivity contribution in [2.24, 2.45) is 7.05 Å². The third-order valence-corrected chi connectivity index (χ3v) is 3.94. The first-order valence-corrected chi connectivity index (χ1v) is 6.64. The maximum Gasteiger partial charge on any atom is 0.169 e. The van der Waals surface area contributed by atoms with E-state index < -0.39 is 0 Å². The van der Waals surface area contributed by atoms with Gasteiger partial charge >= 0.3 is 0 Å². The average Bonchev–Trinajstić information content (AvgIpc) is 2.96. The van der Waals surface area contributed by atoms with Crippen LogP contribution >= 0.6 is 12.2 Å². The normalized spacial score (nSPS) is 22.6. The Labute approximate surface area is 118 Å². The number of likely N-dealkylation sites (N-methyl/N-ethyl adjacent to an activating group) is 1. The maximum absolute atomic E-state index is 5.38. The SMILES string of the molecule is CN1C(=S)N[C@@H](c2ccccn2)[C@@H]1c1ccn(C)c1. The predicted octanol–water partition coefficient (Wildman–Crippen LogP) is 2.02. The topological polar surface area (TPSA) is 33.1 Å². The number of thiocarbonyl (C=S) groups is 1. The van der Waals surface area contributed by atoms with E-state index in [1.165, 1.54) is 5.56 Å². The lowest BCUT2D eigenvalue weighted by molar-refractivity contribution is 0.368. The van der Waals surface area contributed by atoms with Gasteiger partial charge in [-0.25, -0.2) is 0 Å². The molecule has 2 atom stereocenters. The molecule has 1 aliphatic rings. The molecule has 0 amide bonds. The third-order valence-electron chi connectivity index (χ3n) is 3.54. The monoisotopic (exact) mass is 272 g/mol. The molecule has 1 saturated heterocycles. The van der Waals surface area contributed by atoms with Gasteiger partial charge in [0.25, 0.3) is 0 Å². The van der Waals surface area contributed by atoms with Crippen LogP contribution in [0.4, 0.5) is 0 Å². The van der Waals surface area contributed by atoms with E-state index >= 15 is 0 Å². The van der Waals surface area contributed by atoms with E-state index in [0.717, 1.165) is 10.8 Å². The van der Waals surface area contributed by atoms with Crippen molar-refractivity contribution < 1.29 is 0 Å². The Kier molecular flexibility index (Phi) is 2.98. The second-order valence-electron chi connectivity index (χ2n) is 4.85. The number of aryl methyl sites for hydroxylation is 1. The molecule has 0 bridgehead atoms. The summed E-state index contributed by atoms with van der Waals surface area (Å²) in [6.07, 6.45) is 6.01. The first-order valence-electron chi connectivity index (χ1n) is 6.23. The zero-order chi connectivity index (χ0) is 13.4. The Morgan fingerprint density at radius 1 is 1.26 bits per heavy atom. The number of hydrogen-bond donors (Lipinski definition) is 1. The molecule has 19 heavy (non-hydrogen) atoms. The molecule has 3 heterocycles. The minimum Gasteiger partial charge on any atom is -0.357 e. The highest BCUT2D eigenvalue weighted by Crippen LogP contribution is 2.37. The van der Waals surface area contributed by atoms with Gasteiger partial charge in [0, 0.05) is 32.7 Å². The fourth-order valence-corrected chi connectivity index (χ4v) is 2.82. The molecule has 3 rings (SSSR count). The first-order chi connectivity index (χ1) is 9.16. The summed E-state index contributed by atoms with van der Waals surface area (Å²) in [5.74, 6) is 0. The highest BCUT2D eigenvalue weighted by atomic mass is 32.1. The van der Waals surface area contributed by atoms with Crippen molar-refractivity contribution in [1.82, 2.24) is 19.8 Å². The van der Waals surface area contributed by atoms with Crippen LogP contribution in [0, 0.1) is 0 Å². The number of aromatic nitrogens is 2. The van der Waals surface area contributed by atoms with Crippen molar-refractivity contribution in [3.63, 3.8) is 0 Å². The summed E-state index contributed by atoms with van der Waals surface area (Å²) in [6.45, 7) is 0. The Bertz CT molecular complexity index is 593. The molecule has 0 saturated carbocycles. The summed E-state index contributed by atoms with van der Waals surface area (Å²) < 4.78 is 2.06. The van der Waals surface area contributed by atoms with Gasteiger partial charge in [-0.15, -0.1) is 0 Å². The molecule has 4 nitrogen and oxygen atoms in total. The molecular weight excluding hydrogens is 256 g/mol. The van der Waals surface area contributed by atoms with Gasteiger partial charge in [-0.05, 0) is 36.0 Å². The molecule has 1 N–H and O–H groups in total. The van der Waals surface area contributed by atoms with E-state index in [-0.39, 0.29) is 12.1 Å². The number of nitrogens with one attached hydrogen (secondary N) is 1. The lowest BCUT2D eigenvalue weighted by Crippen LogP contribution is -2.24. The third kappa shape index (κ3) is 2.10. The number of hydrogen-bond acceptors (Lipinski definition) is 2. The smallest absolute Gasteiger partial charge is 0.169 e. The minimum absolute atomic E-state index is 0.0982. The molecule has 1 aliphatic heterocycles. The van der Waals surface area contributed by atoms with Gasteiger partial charge in [-0.3, -0.25) is 4.98 Å². The average molecular weight is 272 g/mol. The van der Waals surface area contributed by atoms with Crippen LogP contribution in [-0.2, 0) is 7.05 Å². The van der Waals surface area contributed by atoms with Crippen LogP contribution < -0.4 is 5.32 Å². The highest BCUT2D eigenvalue weighted by Gasteiger charge is 2.37. The van der Waals surface area contributed by atoms with Crippen molar-refractivity contribution in [3.8, 4) is 0 Å². The van der Waals surface area contributed by atoms with Gasteiger partial charge < -0.3 is 14.8 Å². The second-order valence-corrected chi connectivity index (χ2v) is 5.23. The van der Waals surface area contributed by atoms with Crippen LogP contribution in [0.1, 0.15) is 23.3 Å². The lowest BCUT2D eigenvalue weighted by Gasteiger charge is -2.23. The van der Waals surface area contributed by atoms with E-state index in [1.54, 1.807) is 0 Å². The van der Waals surface area contributed by atoms with Gasteiger partial charge in [0.05, 0.1) is 17.8 Å². The lowest BCUT2D eigenvalue weighted by atomic mass is 10.00. The summed E-state index contributed by atoms with van der Waals surface area (Å²) in [5.41, 5.74) is 2.26. The van der Waals surface area contributed by atoms with Crippen LogP contribution in [0.25, 0.3) is 0 Å². The van der Waals surface area contributed by atoms with E-state index in [9.17, 15) is 0 Å². The molecule has 0 radical (unpaired) electrons. The Balaban J connectivity index is 2.01. The molecular formula is C14H16N4S. The molecule has 0 spiro atoms. The van der Waals surface area contributed by atoms with E-state index in [2.05, 4.69) is 38.2 Å². The summed E-state index contributed by atoms with van der Waals surface area (Å²) >= 11 is 5.38. The number of nitrogens with zero attached hydrogens (tertiary/aromatic N) is 3. The van der Waals surface area contributed by atoms with E-state index in [4.69, 9.17) is 12.2 Å². The summed E-state index contributed by atoms with van der Waals surface area (Å²) in [4.78, 5) is 6.56. The van der Waals surface area contributed by atoms with Crippen molar-refractivity contribution in [2.45, 2.75) is 12.1 Å². The minimum atomic E-state index is 0.0982. The summed E-state index contributed by atoms with van der Waals surface area (Å²) in [5, 5.41) is 4.13. The fraction of sp³-hybridized carbons (Fsp3) is 0.286. The van der Waals surface area contributed by atoms with Crippen molar-refractivity contribution >= 4 is 17.3 Å². The Hall–Kier alpha value is -1.88. The van der Waals surface area contributed by atoms with Crippen molar-refractivity contribution in [2.75, 3.05) is 7.05 Å². The number of rotatable bonds is 2. The van der Waals surface area contributed by atoms with Gasteiger partial charge in [-0.1, -0.05) is 6.07 Å².